The van der Waals surface area contributed by atoms with Crippen LogP contribution in [0.4, 0.5) is 4.39 Å². The number of hydrogen-bond donors (Lipinski definition) is 4. The van der Waals surface area contributed by atoms with E-state index in [1.807, 2.05) is 0 Å². The van der Waals surface area contributed by atoms with E-state index in [2.05, 4.69) is 11.5 Å². The molecule has 0 bridgehead atoms. The molecular formula is C23H25FN6O. The average Bonchev–Trinajstić information content (AvgIpc) is 2.75. The van der Waals surface area contributed by atoms with E-state index in [-0.39, 0.29) is 29.0 Å². The summed E-state index contributed by atoms with van der Waals surface area (Å²) < 4.78 is 13.9. The molecule has 1 saturated heterocycles. The van der Waals surface area contributed by atoms with Crippen molar-refractivity contribution in [3.8, 4) is 6.19 Å². The zero-order valence-corrected chi connectivity index (χ0v) is 17.1. The van der Waals surface area contributed by atoms with Gasteiger partial charge in [-0.25, -0.2) is 4.39 Å². The van der Waals surface area contributed by atoms with E-state index in [0.717, 1.165) is 18.4 Å². The zero-order valence-electron chi connectivity index (χ0n) is 17.1. The summed E-state index contributed by atoms with van der Waals surface area (Å²) in [5.41, 5.74) is 13.4. The molecule has 31 heavy (non-hydrogen) atoms. The lowest BCUT2D eigenvalue weighted by Crippen LogP contribution is -2.46. The van der Waals surface area contributed by atoms with E-state index in [1.54, 1.807) is 47.4 Å². The van der Waals surface area contributed by atoms with Crippen molar-refractivity contribution in [3.63, 3.8) is 0 Å². The van der Waals surface area contributed by atoms with E-state index >= 15 is 0 Å². The molecule has 1 amide bonds. The number of amides is 1. The Morgan fingerprint density at radius 2 is 1.94 bits per heavy atom. The highest BCUT2D eigenvalue weighted by Crippen LogP contribution is 2.17. The minimum atomic E-state index is -0.807. The zero-order chi connectivity index (χ0) is 22.4. The highest BCUT2D eigenvalue weighted by atomic mass is 19.1. The van der Waals surface area contributed by atoms with Crippen LogP contribution in [0.15, 0.2) is 59.9 Å². The lowest BCUT2D eigenvalue weighted by molar-refractivity contribution is -0.114. The number of hydrogen-bond acceptors (Lipinski definition) is 6. The van der Waals surface area contributed by atoms with E-state index in [9.17, 15) is 9.18 Å². The van der Waals surface area contributed by atoms with Crippen LogP contribution in [0.5, 0.6) is 0 Å². The molecule has 1 aliphatic heterocycles. The van der Waals surface area contributed by atoms with Crippen LogP contribution in [0.25, 0.3) is 0 Å². The molecule has 0 radical (unpaired) electrons. The molecule has 0 aliphatic carbocycles. The van der Waals surface area contributed by atoms with Crippen molar-refractivity contribution in [1.29, 1.82) is 10.7 Å². The first kappa shape index (κ1) is 21.8. The van der Waals surface area contributed by atoms with Crippen LogP contribution in [0.2, 0.25) is 0 Å². The first-order valence-corrected chi connectivity index (χ1v) is 10.0. The SMILES string of the molecule is N#CN1CCC[C@@H](N/C(N)=C(\C(=N)c2ccc(Cc3ccccc3F)cc2)C(N)=O)C1. The highest BCUT2D eigenvalue weighted by Gasteiger charge is 2.23. The molecule has 1 atom stereocenters. The number of carbonyl (C=O) groups excluding carboxylic acids is 1. The maximum absolute atomic E-state index is 13.9. The Morgan fingerprint density at radius 1 is 1.23 bits per heavy atom. The van der Waals surface area contributed by atoms with Crippen LogP contribution < -0.4 is 16.8 Å². The van der Waals surface area contributed by atoms with Crippen molar-refractivity contribution < 1.29 is 9.18 Å². The number of halogens is 1. The topological polar surface area (TPSA) is 132 Å². The molecule has 1 aliphatic rings. The first-order chi connectivity index (χ1) is 14.9. The Morgan fingerprint density at radius 3 is 2.58 bits per heavy atom. The average molecular weight is 420 g/mol. The van der Waals surface area contributed by atoms with Crippen LogP contribution in [0.1, 0.15) is 29.5 Å². The molecule has 6 N–H and O–H groups in total. The number of primary amides is 1. The van der Waals surface area contributed by atoms with Crippen LogP contribution in [-0.2, 0) is 11.2 Å². The third-order valence-electron chi connectivity index (χ3n) is 5.28. The maximum Gasteiger partial charge on any atom is 0.254 e. The normalized spacial score (nSPS) is 16.8. The van der Waals surface area contributed by atoms with Gasteiger partial charge >= 0.3 is 0 Å². The number of carbonyl (C=O) groups is 1. The Balaban J connectivity index is 1.76. The monoisotopic (exact) mass is 420 g/mol. The second kappa shape index (κ2) is 9.76. The van der Waals surface area contributed by atoms with Gasteiger partial charge in [-0.2, -0.15) is 5.26 Å². The van der Waals surface area contributed by atoms with Gasteiger partial charge in [0.1, 0.15) is 17.2 Å². The summed E-state index contributed by atoms with van der Waals surface area (Å²) in [5, 5.41) is 20.6. The smallest absolute Gasteiger partial charge is 0.254 e. The maximum atomic E-state index is 13.9. The van der Waals surface area contributed by atoms with E-state index in [1.165, 1.54) is 6.07 Å². The summed E-state index contributed by atoms with van der Waals surface area (Å²) in [5.74, 6) is -1.05. The fraction of sp³-hybridized carbons (Fsp3) is 0.261. The quantitative estimate of drug-likeness (QED) is 0.309. The number of nitrogens with zero attached hydrogens (tertiary/aromatic N) is 2. The van der Waals surface area contributed by atoms with E-state index in [4.69, 9.17) is 22.1 Å². The van der Waals surface area contributed by atoms with Crippen LogP contribution >= 0.6 is 0 Å². The van der Waals surface area contributed by atoms with Gasteiger partial charge in [-0.3, -0.25) is 10.2 Å². The Kier molecular flexibility index (Phi) is 6.88. The molecule has 1 fully saturated rings. The largest absolute Gasteiger partial charge is 0.385 e. The summed E-state index contributed by atoms with van der Waals surface area (Å²) >= 11 is 0. The number of benzene rings is 2. The lowest BCUT2D eigenvalue weighted by Gasteiger charge is -2.30. The third kappa shape index (κ3) is 5.39. The molecule has 1 heterocycles. The Bertz CT molecular complexity index is 1040. The van der Waals surface area contributed by atoms with Gasteiger partial charge in [0.05, 0.1) is 5.71 Å². The number of nitrogens with two attached hydrogens (primary N) is 2. The van der Waals surface area contributed by atoms with E-state index < -0.39 is 5.91 Å². The molecule has 2 aromatic carbocycles. The van der Waals surface area contributed by atoms with Gasteiger partial charge in [0.25, 0.3) is 5.91 Å². The fourth-order valence-corrected chi connectivity index (χ4v) is 3.66. The molecule has 0 spiro atoms. The van der Waals surface area contributed by atoms with Gasteiger partial charge in [0.15, 0.2) is 6.19 Å². The number of piperidine rings is 1. The molecule has 0 unspecified atom stereocenters. The predicted molar refractivity (Wildman–Crippen MR) is 116 cm³/mol. The molecule has 2 aromatic rings. The van der Waals surface area contributed by atoms with Gasteiger partial charge in [0.2, 0.25) is 0 Å². The van der Waals surface area contributed by atoms with Gasteiger partial charge in [-0.15, -0.1) is 0 Å². The molecular weight excluding hydrogens is 395 g/mol. The number of rotatable bonds is 7. The number of likely N-dealkylation sites (tertiary alicyclic amines) is 1. The second-order valence-electron chi connectivity index (χ2n) is 7.52. The standard InChI is InChI=1S/C23H25FN6O/c24-19-6-2-1-4-17(19)12-15-7-9-16(10-8-15)21(26)20(23(28)31)22(27)29-18-5-3-11-30(13-18)14-25/h1-2,4,6-10,18,26,29H,3,5,11-13,27H2,(H2,28,31)/b22-20+,26-21?/t18-/m1/s1. The predicted octanol–water partition coefficient (Wildman–Crippen LogP) is 1.98. The van der Waals surface area contributed by atoms with Crippen molar-refractivity contribution in [2.24, 2.45) is 11.5 Å². The van der Waals surface area contributed by atoms with E-state index in [0.29, 0.717) is 30.6 Å². The highest BCUT2D eigenvalue weighted by molar-refractivity contribution is 6.26. The minimum Gasteiger partial charge on any atom is -0.385 e. The van der Waals surface area contributed by atoms with Crippen LogP contribution in [0, 0.1) is 22.7 Å². The minimum absolute atomic E-state index is 0.0257. The van der Waals surface area contributed by atoms with Crippen LogP contribution in [-0.4, -0.2) is 35.7 Å². The van der Waals surface area contributed by atoms with Crippen LogP contribution in [0.3, 0.4) is 0 Å². The molecule has 8 heteroatoms. The molecule has 0 aromatic heterocycles. The second-order valence-corrected chi connectivity index (χ2v) is 7.52. The molecule has 7 nitrogen and oxygen atoms in total. The van der Waals surface area contributed by atoms with Gasteiger partial charge in [-0.05, 0) is 30.0 Å². The first-order valence-electron chi connectivity index (χ1n) is 10.0. The van der Waals surface area contributed by atoms with Gasteiger partial charge in [-0.1, -0.05) is 42.5 Å². The fourth-order valence-electron chi connectivity index (χ4n) is 3.66. The Hall–Kier alpha value is -3.86. The molecule has 0 saturated carbocycles. The number of nitriles is 1. The summed E-state index contributed by atoms with van der Waals surface area (Å²) in [6.07, 6.45) is 4.15. The van der Waals surface area contributed by atoms with Gasteiger partial charge < -0.3 is 21.7 Å². The van der Waals surface area contributed by atoms with Crippen molar-refractivity contribution >= 4 is 11.6 Å². The van der Waals surface area contributed by atoms with Crippen molar-refractivity contribution in [2.45, 2.75) is 25.3 Å². The summed E-state index contributed by atoms with van der Waals surface area (Å²) in [7, 11) is 0. The molecule has 160 valence electrons. The van der Waals surface area contributed by atoms with Crippen molar-refractivity contribution in [3.05, 3.63) is 82.4 Å². The lowest BCUT2D eigenvalue weighted by atomic mass is 9.98. The summed E-state index contributed by atoms with van der Waals surface area (Å²) in [6.45, 7) is 1.16. The summed E-state index contributed by atoms with van der Waals surface area (Å²) in [6, 6.07) is 13.4. The summed E-state index contributed by atoms with van der Waals surface area (Å²) in [4.78, 5) is 13.7. The van der Waals surface area contributed by atoms with Gasteiger partial charge in [0, 0.05) is 31.1 Å². The van der Waals surface area contributed by atoms with Crippen molar-refractivity contribution in [2.75, 3.05) is 13.1 Å². The molecule has 3 rings (SSSR count). The Labute approximate surface area is 180 Å². The van der Waals surface area contributed by atoms with Crippen molar-refractivity contribution in [1.82, 2.24) is 10.2 Å². The third-order valence-corrected chi connectivity index (χ3v) is 5.28. The number of nitrogens with one attached hydrogen (secondary N) is 2.